The van der Waals surface area contributed by atoms with Gasteiger partial charge >= 0.3 is 0 Å². The molecule has 0 saturated carbocycles. The minimum atomic E-state index is -0.287. The van der Waals surface area contributed by atoms with E-state index in [4.69, 9.17) is 9.47 Å². The van der Waals surface area contributed by atoms with Crippen LogP contribution in [0, 0.1) is 0 Å². The van der Waals surface area contributed by atoms with Gasteiger partial charge in [-0.25, -0.2) is 0 Å². The van der Waals surface area contributed by atoms with E-state index in [0.29, 0.717) is 17.2 Å². The van der Waals surface area contributed by atoms with Crippen molar-refractivity contribution in [1.29, 1.82) is 0 Å². The molecule has 1 amide bonds. The summed E-state index contributed by atoms with van der Waals surface area (Å²) in [6.07, 6.45) is 1.09. The van der Waals surface area contributed by atoms with E-state index in [0.717, 1.165) is 20.9 Å². The third-order valence-electron chi connectivity index (χ3n) is 3.12. The van der Waals surface area contributed by atoms with Crippen LogP contribution < -0.4 is 14.8 Å². The molecule has 25 heavy (non-hydrogen) atoms. The summed E-state index contributed by atoms with van der Waals surface area (Å²) >= 11 is 4.62. The van der Waals surface area contributed by atoms with Crippen LogP contribution in [0.1, 0.15) is 20.3 Å². The molecule has 2 aromatic rings. The number of amides is 1. The normalized spacial score (nSPS) is 11.8. The van der Waals surface area contributed by atoms with Gasteiger partial charge in [-0.1, -0.05) is 41.8 Å². The van der Waals surface area contributed by atoms with Gasteiger partial charge in [-0.2, -0.15) is 0 Å². The van der Waals surface area contributed by atoms with E-state index < -0.39 is 0 Å². The number of rotatable bonds is 9. The molecule has 0 aliphatic carbocycles. The van der Waals surface area contributed by atoms with Crippen LogP contribution in [0.25, 0.3) is 0 Å². The molecule has 6 nitrogen and oxygen atoms in total. The Hall–Kier alpha value is -1.45. The van der Waals surface area contributed by atoms with E-state index in [1.54, 1.807) is 44.2 Å². The van der Waals surface area contributed by atoms with Crippen LogP contribution in [0.5, 0.6) is 11.5 Å². The number of carbonyl (C=O) groups is 1. The lowest BCUT2D eigenvalue weighted by Gasteiger charge is -2.13. The van der Waals surface area contributed by atoms with E-state index >= 15 is 0 Å². The molecule has 0 unspecified atom stereocenters. The summed E-state index contributed by atoms with van der Waals surface area (Å²) in [7, 11) is 3.13. The van der Waals surface area contributed by atoms with Crippen LogP contribution in [0.3, 0.4) is 0 Å². The van der Waals surface area contributed by atoms with Gasteiger partial charge in [0.05, 0.1) is 19.5 Å². The molecule has 1 aromatic carbocycles. The molecule has 1 aromatic heterocycles. The van der Waals surface area contributed by atoms with E-state index in [1.807, 2.05) is 6.92 Å². The number of benzene rings is 1. The maximum absolute atomic E-state index is 12.4. The highest BCUT2D eigenvalue weighted by molar-refractivity contribution is 8.03. The maximum Gasteiger partial charge on any atom is 0.237 e. The summed E-state index contributed by atoms with van der Waals surface area (Å²) in [5.41, 5.74) is 0.659. The Labute approximate surface area is 160 Å². The van der Waals surface area contributed by atoms with Crippen molar-refractivity contribution < 1.29 is 14.3 Å². The Bertz CT molecular complexity index is 709. The number of hydrogen-bond donors (Lipinski definition) is 1. The van der Waals surface area contributed by atoms with E-state index in [9.17, 15) is 4.79 Å². The van der Waals surface area contributed by atoms with Crippen LogP contribution in [-0.2, 0) is 4.79 Å². The molecule has 136 valence electrons. The van der Waals surface area contributed by atoms with Crippen LogP contribution in [0.15, 0.2) is 26.9 Å². The summed E-state index contributed by atoms with van der Waals surface area (Å²) < 4.78 is 12.2. The number of ether oxygens (including phenoxy) is 2. The Morgan fingerprint density at radius 3 is 2.64 bits per heavy atom. The molecular weight excluding hydrogens is 378 g/mol. The van der Waals surface area contributed by atoms with Gasteiger partial charge in [-0.05, 0) is 25.5 Å². The number of hydrogen-bond acceptors (Lipinski definition) is 8. The number of thioether (sulfide) groups is 2. The molecule has 0 saturated heterocycles. The highest BCUT2D eigenvalue weighted by atomic mass is 32.2. The number of anilines is 1. The van der Waals surface area contributed by atoms with Gasteiger partial charge in [-0.3, -0.25) is 4.79 Å². The minimum absolute atomic E-state index is 0.102. The van der Waals surface area contributed by atoms with Crippen molar-refractivity contribution in [2.45, 2.75) is 34.2 Å². The van der Waals surface area contributed by atoms with Crippen molar-refractivity contribution >= 4 is 46.5 Å². The number of methoxy groups -OCH3 is 2. The fourth-order valence-corrected chi connectivity index (χ4v) is 4.94. The van der Waals surface area contributed by atoms with Gasteiger partial charge in [-0.15, -0.1) is 10.2 Å². The van der Waals surface area contributed by atoms with E-state index in [-0.39, 0.29) is 11.2 Å². The minimum Gasteiger partial charge on any atom is -0.493 e. The summed E-state index contributed by atoms with van der Waals surface area (Å²) in [5.74, 6) is 2.11. The largest absolute Gasteiger partial charge is 0.493 e. The Kier molecular flexibility index (Phi) is 7.86. The quantitative estimate of drug-likeness (QED) is 0.634. The molecule has 2 rings (SSSR count). The van der Waals surface area contributed by atoms with Crippen molar-refractivity contribution in [3.05, 3.63) is 18.2 Å². The number of aromatic nitrogens is 2. The van der Waals surface area contributed by atoms with Crippen molar-refractivity contribution in [1.82, 2.24) is 10.2 Å². The molecule has 0 aliphatic rings. The lowest BCUT2D eigenvalue weighted by atomic mass is 10.2. The topological polar surface area (TPSA) is 73.3 Å². The Balaban J connectivity index is 1.94. The van der Waals surface area contributed by atoms with Gasteiger partial charge in [0.25, 0.3) is 0 Å². The van der Waals surface area contributed by atoms with Crippen molar-refractivity contribution in [2.75, 3.05) is 25.3 Å². The molecule has 1 atom stereocenters. The highest BCUT2D eigenvalue weighted by Gasteiger charge is 2.18. The first kappa shape index (κ1) is 19.9. The maximum atomic E-state index is 12.4. The fraction of sp³-hybridized carbons (Fsp3) is 0.438. The molecule has 0 radical (unpaired) electrons. The predicted molar refractivity (Wildman–Crippen MR) is 104 cm³/mol. The van der Waals surface area contributed by atoms with Crippen molar-refractivity contribution in [2.24, 2.45) is 0 Å². The molecule has 9 heteroatoms. The van der Waals surface area contributed by atoms with Crippen molar-refractivity contribution in [3.63, 3.8) is 0 Å². The molecule has 0 spiro atoms. The van der Waals surface area contributed by atoms with E-state index in [2.05, 4.69) is 22.4 Å². The zero-order valence-electron chi connectivity index (χ0n) is 14.6. The average molecular weight is 400 g/mol. The van der Waals surface area contributed by atoms with Gasteiger partial charge in [0.1, 0.15) is 0 Å². The molecular formula is C16H21N3O3S3. The monoisotopic (exact) mass is 399 g/mol. The summed E-state index contributed by atoms with van der Waals surface area (Å²) in [4.78, 5) is 12.4. The number of nitrogens with zero attached hydrogens (tertiary/aromatic N) is 2. The summed E-state index contributed by atoms with van der Waals surface area (Å²) in [6, 6.07) is 5.27. The summed E-state index contributed by atoms with van der Waals surface area (Å²) in [5, 5.41) is 10.9. The van der Waals surface area contributed by atoms with Crippen LogP contribution in [0.4, 0.5) is 5.69 Å². The van der Waals surface area contributed by atoms with Gasteiger partial charge in [0.2, 0.25) is 5.91 Å². The smallest absolute Gasteiger partial charge is 0.237 e. The first-order valence-corrected chi connectivity index (χ1v) is 10.4. The third-order valence-corrected chi connectivity index (χ3v) is 6.56. The second-order valence-corrected chi connectivity index (χ2v) is 8.91. The Morgan fingerprint density at radius 2 is 1.96 bits per heavy atom. The second-order valence-electron chi connectivity index (χ2n) is 5.00. The molecule has 0 fully saturated rings. The highest BCUT2D eigenvalue weighted by Crippen LogP contribution is 2.33. The lowest BCUT2D eigenvalue weighted by molar-refractivity contribution is -0.115. The average Bonchev–Trinajstić information content (AvgIpc) is 3.06. The SMILES string of the molecule is CCCSc1nnc(S[C@H](C)C(=O)Nc2ccc(OC)c(OC)c2)s1. The number of nitrogens with one attached hydrogen (secondary N) is 1. The Morgan fingerprint density at radius 1 is 1.24 bits per heavy atom. The zero-order valence-corrected chi connectivity index (χ0v) is 17.0. The van der Waals surface area contributed by atoms with Crippen molar-refractivity contribution in [3.8, 4) is 11.5 Å². The molecule has 1 N–H and O–H groups in total. The molecule has 0 aliphatic heterocycles. The standard InChI is InChI=1S/C16H21N3O3S3/c1-5-8-23-15-18-19-16(25-15)24-10(2)14(20)17-11-6-7-12(21-3)13(9-11)22-4/h6-7,9-10H,5,8H2,1-4H3,(H,17,20)/t10-/m1/s1. The van der Waals surface area contributed by atoms with Gasteiger partial charge in [0.15, 0.2) is 20.2 Å². The summed E-state index contributed by atoms with van der Waals surface area (Å²) in [6.45, 7) is 3.98. The molecule has 0 bridgehead atoms. The number of carbonyl (C=O) groups excluding carboxylic acids is 1. The predicted octanol–water partition coefficient (Wildman–Crippen LogP) is 4.18. The van der Waals surface area contributed by atoms with Crippen LogP contribution in [0.2, 0.25) is 0 Å². The van der Waals surface area contributed by atoms with Gasteiger partial charge < -0.3 is 14.8 Å². The second kappa shape index (κ2) is 9.88. The van der Waals surface area contributed by atoms with Crippen LogP contribution >= 0.6 is 34.9 Å². The van der Waals surface area contributed by atoms with Gasteiger partial charge in [0, 0.05) is 17.5 Å². The van der Waals surface area contributed by atoms with E-state index in [1.165, 1.54) is 23.1 Å². The molecule has 1 heterocycles. The third kappa shape index (κ3) is 5.79. The first-order valence-electron chi connectivity index (χ1n) is 7.73. The first-order chi connectivity index (χ1) is 12.1. The van der Waals surface area contributed by atoms with Crippen LogP contribution in [-0.4, -0.2) is 41.3 Å². The fourth-order valence-electron chi connectivity index (χ4n) is 1.86. The zero-order chi connectivity index (χ0) is 18.2. The lowest BCUT2D eigenvalue weighted by Crippen LogP contribution is -2.22.